The van der Waals surface area contributed by atoms with E-state index in [0.29, 0.717) is 0 Å². The molecule has 0 atom stereocenters. The lowest BCUT2D eigenvalue weighted by atomic mass is 10.2. The Morgan fingerprint density at radius 1 is 1.54 bits per heavy atom. The van der Waals surface area contributed by atoms with Crippen molar-refractivity contribution in [2.75, 3.05) is 0 Å². The molecule has 13 heavy (non-hydrogen) atoms. The second-order valence-corrected chi connectivity index (χ2v) is 2.93. The fourth-order valence-electron chi connectivity index (χ4n) is 0.547. The number of esters is 1. The summed E-state index contributed by atoms with van der Waals surface area (Å²) in [5, 5.41) is 8.27. The van der Waals surface area contributed by atoms with Gasteiger partial charge in [0.25, 0.3) is 0 Å². The number of carboxylic acid groups (broad SMARTS) is 1. The van der Waals surface area contributed by atoms with Crippen LogP contribution in [0.15, 0.2) is 12.2 Å². The third-order valence-electron chi connectivity index (χ3n) is 0.989. The molecular formula is C8H11FO4. The Balaban J connectivity index is 4.13. The van der Waals surface area contributed by atoms with Crippen LogP contribution in [-0.2, 0) is 14.3 Å². The van der Waals surface area contributed by atoms with Crippen LogP contribution in [0.2, 0.25) is 0 Å². The number of rotatable bonds is 4. The largest absolute Gasteiger partial charge is 0.481 e. The molecule has 1 N–H and O–H groups in total. The molecule has 0 aromatic rings. The molecule has 0 unspecified atom stereocenters. The molecule has 0 aliphatic heterocycles. The van der Waals surface area contributed by atoms with E-state index < -0.39 is 24.2 Å². The molecule has 0 aliphatic rings. The first-order valence-corrected chi connectivity index (χ1v) is 3.54. The summed E-state index contributed by atoms with van der Waals surface area (Å²) in [5.41, 5.74) is -0.279. The van der Waals surface area contributed by atoms with E-state index in [1.54, 1.807) is 0 Å². The maximum absolute atomic E-state index is 12.7. The van der Waals surface area contributed by atoms with Crippen LogP contribution in [0.4, 0.5) is 4.39 Å². The fourth-order valence-corrected chi connectivity index (χ4v) is 0.547. The fraction of sp³-hybridized carbons (Fsp3) is 0.500. The molecule has 0 aliphatic carbocycles. The first-order valence-electron chi connectivity index (χ1n) is 3.54. The molecule has 0 saturated carbocycles. The van der Waals surface area contributed by atoms with E-state index in [0.717, 1.165) is 13.8 Å². The summed E-state index contributed by atoms with van der Waals surface area (Å²) in [7, 11) is 0. The van der Waals surface area contributed by atoms with Gasteiger partial charge in [-0.05, 0) is 0 Å². The number of carbonyl (C=O) groups is 2. The standard InChI is InChI=1S/C8H11FO4/c1-5(4-6(10)11)7(12)13-8(2,3)9/h1,4H2,2-3H3,(H,10,11). The lowest BCUT2D eigenvalue weighted by molar-refractivity contribution is -0.169. The lowest BCUT2D eigenvalue weighted by Crippen LogP contribution is -2.23. The number of hydrogen-bond donors (Lipinski definition) is 1. The molecule has 0 radical (unpaired) electrons. The van der Waals surface area contributed by atoms with Crippen molar-refractivity contribution in [1.82, 2.24) is 0 Å². The van der Waals surface area contributed by atoms with Crippen molar-refractivity contribution in [3.63, 3.8) is 0 Å². The number of alkyl halides is 1. The summed E-state index contributed by atoms with van der Waals surface area (Å²) in [6.45, 7) is 5.24. The molecular weight excluding hydrogens is 179 g/mol. The van der Waals surface area contributed by atoms with Crippen LogP contribution in [0.1, 0.15) is 20.3 Å². The highest BCUT2D eigenvalue weighted by atomic mass is 19.2. The molecule has 4 nitrogen and oxygen atoms in total. The highest BCUT2D eigenvalue weighted by Gasteiger charge is 2.23. The summed E-state index contributed by atoms with van der Waals surface area (Å²) in [4.78, 5) is 21.0. The van der Waals surface area contributed by atoms with Crippen molar-refractivity contribution < 1.29 is 23.8 Å². The van der Waals surface area contributed by atoms with E-state index in [1.807, 2.05) is 0 Å². The minimum absolute atomic E-state index is 0.279. The molecule has 74 valence electrons. The Labute approximate surface area is 75.0 Å². The van der Waals surface area contributed by atoms with Crippen molar-refractivity contribution >= 4 is 11.9 Å². The number of ether oxygens (including phenoxy) is 1. The SMILES string of the molecule is C=C(CC(=O)O)C(=O)OC(C)(C)F. The Morgan fingerprint density at radius 3 is 2.31 bits per heavy atom. The van der Waals surface area contributed by atoms with Gasteiger partial charge in [0.15, 0.2) is 0 Å². The Kier molecular flexibility index (Phi) is 3.59. The second kappa shape index (κ2) is 4.02. The minimum atomic E-state index is -2.11. The van der Waals surface area contributed by atoms with Gasteiger partial charge in [-0.2, -0.15) is 4.39 Å². The van der Waals surface area contributed by atoms with Gasteiger partial charge in [-0.1, -0.05) is 6.58 Å². The first-order chi connectivity index (χ1) is 5.72. The Bertz CT molecular complexity index is 239. The Hall–Kier alpha value is -1.39. The summed E-state index contributed by atoms with van der Waals surface area (Å²) in [6, 6.07) is 0. The van der Waals surface area contributed by atoms with Crippen LogP contribution in [0, 0.1) is 0 Å². The van der Waals surface area contributed by atoms with Gasteiger partial charge in [0, 0.05) is 19.4 Å². The van der Waals surface area contributed by atoms with E-state index in [4.69, 9.17) is 5.11 Å². The van der Waals surface area contributed by atoms with Crippen LogP contribution in [0.25, 0.3) is 0 Å². The molecule has 0 aromatic carbocycles. The molecule has 0 rings (SSSR count). The van der Waals surface area contributed by atoms with Crippen LogP contribution >= 0.6 is 0 Å². The van der Waals surface area contributed by atoms with E-state index >= 15 is 0 Å². The monoisotopic (exact) mass is 190 g/mol. The molecule has 5 heteroatoms. The summed E-state index contributed by atoms with van der Waals surface area (Å²) >= 11 is 0. The third kappa shape index (κ3) is 5.84. The summed E-state index contributed by atoms with van der Waals surface area (Å²) in [5.74, 6) is -4.35. The van der Waals surface area contributed by atoms with Crippen molar-refractivity contribution in [1.29, 1.82) is 0 Å². The van der Waals surface area contributed by atoms with Gasteiger partial charge in [-0.15, -0.1) is 0 Å². The van der Waals surface area contributed by atoms with Crippen molar-refractivity contribution in [3.05, 3.63) is 12.2 Å². The van der Waals surface area contributed by atoms with Gasteiger partial charge in [0.1, 0.15) is 0 Å². The van der Waals surface area contributed by atoms with Crippen LogP contribution < -0.4 is 0 Å². The van der Waals surface area contributed by atoms with E-state index in [9.17, 15) is 14.0 Å². The van der Waals surface area contributed by atoms with Crippen molar-refractivity contribution in [2.45, 2.75) is 26.1 Å². The normalized spacial score (nSPS) is 10.7. The van der Waals surface area contributed by atoms with Gasteiger partial charge in [-0.3, -0.25) is 4.79 Å². The van der Waals surface area contributed by atoms with Crippen molar-refractivity contribution in [3.8, 4) is 0 Å². The van der Waals surface area contributed by atoms with Gasteiger partial charge in [0.05, 0.1) is 6.42 Å². The maximum Gasteiger partial charge on any atom is 0.336 e. The van der Waals surface area contributed by atoms with E-state index in [2.05, 4.69) is 11.3 Å². The zero-order valence-electron chi connectivity index (χ0n) is 7.46. The van der Waals surface area contributed by atoms with Crippen LogP contribution in [0.3, 0.4) is 0 Å². The van der Waals surface area contributed by atoms with Gasteiger partial charge in [0.2, 0.25) is 5.85 Å². The van der Waals surface area contributed by atoms with E-state index in [1.165, 1.54) is 0 Å². The zero-order valence-corrected chi connectivity index (χ0v) is 7.46. The van der Waals surface area contributed by atoms with E-state index in [-0.39, 0.29) is 5.57 Å². The second-order valence-electron chi connectivity index (χ2n) is 2.93. The van der Waals surface area contributed by atoms with Gasteiger partial charge in [-0.25, -0.2) is 4.79 Å². The number of aliphatic carboxylic acids is 1. The molecule has 0 spiro atoms. The number of halogens is 1. The van der Waals surface area contributed by atoms with Gasteiger partial charge >= 0.3 is 11.9 Å². The van der Waals surface area contributed by atoms with Crippen LogP contribution in [-0.4, -0.2) is 22.9 Å². The molecule has 0 bridgehead atoms. The van der Waals surface area contributed by atoms with Crippen molar-refractivity contribution in [2.24, 2.45) is 0 Å². The molecule has 0 heterocycles. The molecule has 0 aromatic heterocycles. The molecule has 0 saturated heterocycles. The van der Waals surface area contributed by atoms with Gasteiger partial charge < -0.3 is 9.84 Å². The average molecular weight is 190 g/mol. The minimum Gasteiger partial charge on any atom is -0.481 e. The quantitative estimate of drug-likeness (QED) is 0.535. The molecule has 0 amide bonds. The van der Waals surface area contributed by atoms with Crippen LogP contribution in [0.5, 0.6) is 0 Å². The maximum atomic E-state index is 12.7. The number of hydrogen-bond acceptors (Lipinski definition) is 3. The number of carboxylic acids is 1. The Morgan fingerprint density at radius 2 is 2.00 bits per heavy atom. The predicted molar refractivity (Wildman–Crippen MR) is 42.7 cm³/mol. The highest BCUT2D eigenvalue weighted by Crippen LogP contribution is 2.13. The first kappa shape index (κ1) is 11.6. The summed E-state index contributed by atoms with van der Waals surface area (Å²) in [6.07, 6.45) is -0.547. The predicted octanol–water partition coefficient (Wildman–Crippen LogP) is 1.27. The average Bonchev–Trinajstić information content (AvgIpc) is 1.81. The lowest BCUT2D eigenvalue weighted by Gasteiger charge is -2.15. The summed E-state index contributed by atoms with van der Waals surface area (Å²) < 4.78 is 16.9. The molecule has 0 fully saturated rings. The highest BCUT2D eigenvalue weighted by molar-refractivity contribution is 5.92. The number of carbonyl (C=O) groups excluding carboxylic acids is 1. The zero-order chi connectivity index (χ0) is 10.6. The smallest absolute Gasteiger partial charge is 0.336 e. The topological polar surface area (TPSA) is 63.6 Å². The third-order valence-corrected chi connectivity index (χ3v) is 0.989.